The highest BCUT2D eigenvalue weighted by atomic mass is 16.1. The van der Waals surface area contributed by atoms with Gasteiger partial charge < -0.3 is 0 Å². The summed E-state index contributed by atoms with van der Waals surface area (Å²) >= 11 is 0. The fourth-order valence-corrected chi connectivity index (χ4v) is 2.83. The van der Waals surface area contributed by atoms with Crippen LogP contribution in [0, 0.1) is 0 Å². The second-order valence-electron chi connectivity index (χ2n) is 6.02. The lowest BCUT2D eigenvalue weighted by Crippen LogP contribution is -2.20. The molecule has 0 fully saturated rings. The van der Waals surface area contributed by atoms with E-state index in [-0.39, 0.29) is 11.6 Å². The number of ketones is 2. The number of benzene rings is 1. The summed E-state index contributed by atoms with van der Waals surface area (Å²) in [6.45, 7) is 6.07. The normalized spacial score (nSPS) is 15.3. The standard InChI is InChI=1S/C20H24O2/c1-4-5-6-9-14(2)12-13-16-15(3)19(21)17-10-7-8-11-18(17)20(16)22/h7-8,10-12H,4-6,9,13H2,1-3H3/b14-12+. The predicted molar refractivity (Wildman–Crippen MR) is 90.3 cm³/mol. The molecule has 2 heteroatoms. The minimum absolute atomic E-state index is 0.00491. The van der Waals surface area contributed by atoms with Crippen LogP contribution in [0.5, 0.6) is 0 Å². The average molecular weight is 296 g/mol. The first-order chi connectivity index (χ1) is 10.6. The van der Waals surface area contributed by atoms with Gasteiger partial charge in [0.1, 0.15) is 0 Å². The van der Waals surface area contributed by atoms with Crippen molar-refractivity contribution in [1.29, 1.82) is 0 Å². The minimum Gasteiger partial charge on any atom is -0.289 e. The maximum absolute atomic E-state index is 12.6. The summed E-state index contributed by atoms with van der Waals surface area (Å²) in [6, 6.07) is 7.11. The van der Waals surface area contributed by atoms with Crippen LogP contribution in [0.3, 0.4) is 0 Å². The maximum atomic E-state index is 12.6. The topological polar surface area (TPSA) is 34.1 Å². The number of rotatable bonds is 6. The second kappa shape index (κ2) is 7.35. The molecule has 2 rings (SSSR count). The average Bonchev–Trinajstić information content (AvgIpc) is 2.53. The van der Waals surface area contributed by atoms with Crippen molar-refractivity contribution in [1.82, 2.24) is 0 Å². The summed E-state index contributed by atoms with van der Waals surface area (Å²) in [4.78, 5) is 25.0. The maximum Gasteiger partial charge on any atom is 0.190 e. The van der Waals surface area contributed by atoms with Gasteiger partial charge in [-0.1, -0.05) is 55.7 Å². The molecule has 1 aromatic rings. The molecule has 0 saturated heterocycles. The van der Waals surface area contributed by atoms with Gasteiger partial charge in [0, 0.05) is 22.3 Å². The lowest BCUT2D eigenvalue weighted by molar-refractivity contribution is 0.0973. The number of hydrogen-bond acceptors (Lipinski definition) is 2. The van der Waals surface area contributed by atoms with E-state index in [0.29, 0.717) is 28.7 Å². The van der Waals surface area contributed by atoms with Gasteiger partial charge in [-0.2, -0.15) is 0 Å². The van der Waals surface area contributed by atoms with Crippen molar-refractivity contribution in [2.24, 2.45) is 0 Å². The van der Waals surface area contributed by atoms with Crippen LogP contribution in [0.15, 0.2) is 47.1 Å². The van der Waals surface area contributed by atoms with Crippen LogP contribution in [0.1, 0.15) is 73.6 Å². The molecule has 1 aliphatic rings. The summed E-state index contributed by atoms with van der Waals surface area (Å²) in [5.74, 6) is -0.00690. The molecular weight excluding hydrogens is 272 g/mol. The molecule has 0 atom stereocenters. The van der Waals surface area contributed by atoms with Crippen molar-refractivity contribution in [3.8, 4) is 0 Å². The number of fused-ring (bicyclic) bond motifs is 1. The van der Waals surface area contributed by atoms with Gasteiger partial charge in [0.25, 0.3) is 0 Å². The summed E-state index contributed by atoms with van der Waals surface area (Å²) < 4.78 is 0. The smallest absolute Gasteiger partial charge is 0.190 e. The Labute approximate surface area is 132 Å². The molecule has 2 nitrogen and oxygen atoms in total. The predicted octanol–water partition coefficient (Wildman–Crippen LogP) is 5.30. The van der Waals surface area contributed by atoms with Crippen molar-refractivity contribution in [3.05, 3.63) is 58.2 Å². The van der Waals surface area contributed by atoms with E-state index in [0.717, 1.165) is 6.42 Å². The second-order valence-corrected chi connectivity index (χ2v) is 6.02. The summed E-state index contributed by atoms with van der Waals surface area (Å²) in [5, 5.41) is 0. The van der Waals surface area contributed by atoms with Crippen LogP contribution < -0.4 is 0 Å². The minimum atomic E-state index is -0.0118. The molecule has 1 aliphatic carbocycles. The number of allylic oxidation sites excluding steroid dienone is 4. The van der Waals surface area contributed by atoms with E-state index in [4.69, 9.17) is 0 Å². The van der Waals surface area contributed by atoms with Crippen LogP contribution in [0.4, 0.5) is 0 Å². The molecular formula is C20H24O2. The number of carbonyl (C=O) groups is 2. The lowest BCUT2D eigenvalue weighted by Gasteiger charge is -2.18. The zero-order chi connectivity index (χ0) is 16.1. The van der Waals surface area contributed by atoms with E-state index in [2.05, 4.69) is 19.9 Å². The Kier molecular flexibility index (Phi) is 5.48. The zero-order valence-corrected chi connectivity index (χ0v) is 13.7. The molecule has 0 unspecified atom stereocenters. The molecule has 1 aromatic carbocycles. The van der Waals surface area contributed by atoms with Gasteiger partial charge in [-0.25, -0.2) is 0 Å². The van der Waals surface area contributed by atoms with Gasteiger partial charge in [0.05, 0.1) is 0 Å². The molecule has 0 bridgehead atoms. The monoisotopic (exact) mass is 296 g/mol. The van der Waals surface area contributed by atoms with E-state index in [9.17, 15) is 9.59 Å². The van der Waals surface area contributed by atoms with Crippen molar-refractivity contribution in [3.63, 3.8) is 0 Å². The van der Waals surface area contributed by atoms with Crippen molar-refractivity contribution in [2.75, 3.05) is 0 Å². The van der Waals surface area contributed by atoms with Crippen LogP contribution in [-0.2, 0) is 0 Å². The van der Waals surface area contributed by atoms with Gasteiger partial charge in [0.15, 0.2) is 11.6 Å². The van der Waals surface area contributed by atoms with Crippen LogP contribution in [0.25, 0.3) is 0 Å². The van der Waals surface area contributed by atoms with Crippen LogP contribution in [0.2, 0.25) is 0 Å². The molecule has 116 valence electrons. The number of unbranched alkanes of at least 4 members (excludes halogenated alkanes) is 2. The molecule has 0 spiro atoms. The lowest BCUT2D eigenvalue weighted by atomic mass is 9.83. The first-order valence-electron chi connectivity index (χ1n) is 8.10. The largest absolute Gasteiger partial charge is 0.289 e. The molecule has 0 heterocycles. The first kappa shape index (κ1) is 16.4. The molecule has 0 saturated carbocycles. The van der Waals surface area contributed by atoms with E-state index in [1.807, 2.05) is 6.07 Å². The SMILES string of the molecule is CCCCC/C(C)=C/CC1=C(C)C(=O)c2ccccc2C1=O. The quantitative estimate of drug-likeness (QED) is 0.527. The van der Waals surface area contributed by atoms with E-state index in [1.54, 1.807) is 25.1 Å². The first-order valence-corrected chi connectivity index (χ1v) is 8.10. The van der Waals surface area contributed by atoms with Crippen LogP contribution >= 0.6 is 0 Å². The Bertz CT molecular complexity index is 647. The highest BCUT2D eigenvalue weighted by Gasteiger charge is 2.28. The Hall–Kier alpha value is -1.96. The molecule has 0 N–H and O–H groups in total. The number of hydrogen-bond donors (Lipinski definition) is 0. The van der Waals surface area contributed by atoms with E-state index in [1.165, 1.54) is 24.8 Å². The number of Topliss-reactive ketones (excluding diaryl/α,β-unsaturated/α-hetero) is 2. The molecule has 22 heavy (non-hydrogen) atoms. The molecule has 0 aliphatic heterocycles. The number of carbonyl (C=O) groups excluding carboxylic acids is 2. The third-order valence-corrected chi connectivity index (χ3v) is 4.31. The van der Waals surface area contributed by atoms with Gasteiger partial charge in [-0.3, -0.25) is 9.59 Å². The Morgan fingerprint density at radius 3 is 2.32 bits per heavy atom. The molecule has 0 aromatic heterocycles. The molecule has 0 amide bonds. The van der Waals surface area contributed by atoms with Crippen molar-refractivity contribution < 1.29 is 9.59 Å². The Balaban J connectivity index is 2.18. The van der Waals surface area contributed by atoms with Crippen molar-refractivity contribution >= 4 is 11.6 Å². The fourth-order valence-electron chi connectivity index (χ4n) is 2.83. The van der Waals surface area contributed by atoms with Gasteiger partial charge in [-0.15, -0.1) is 0 Å². The van der Waals surface area contributed by atoms with E-state index < -0.39 is 0 Å². The van der Waals surface area contributed by atoms with Crippen LogP contribution in [-0.4, -0.2) is 11.6 Å². The Morgan fingerprint density at radius 2 is 1.68 bits per heavy atom. The van der Waals surface area contributed by atoms with Gasteiger partial charge in [0.2, 0.25) is 0 Å². The highest BCUT2D eigenvalue weighted by molar-refractivity contribution is 6.26. The third-order valence-electron chi connectivity index (χ3n) is 4.31. The summed E-state index contributed by atoms with van der Waals surface area (Å²) in [5.41, 5.74) is 3.63. The Morgan fingerprint density at radius 1 is 1.05 bits per heavy atom. The fraction of sp³-hybridized carbons (Fsp3) is 0.400. The summed E-state index contributed by atoms with van der Waals surface area (Å²) in [6.07, 6.45) is 7.36. The van der Waals surface area contributed by atoms with Crippen molar-refractivity contribution in [2.45, 2.75) is 52.9 Å². The summed E-state index contributed by atoms with van der Waals surface area (Å²) in [7, 11) is 0. The highest BCUT2D eigenvalue weighted by Crippen LogP contribution is 2.28. The zero-order valence-electron chi connectivity index (χ0n) is 13.7. The molecule has 0 radical (unpaired) electrons. The van der Waals surface area contributed by atoms with Gasteiger partial charge >= 0.3 is 0 Å². The van der Waals surface area contributed by atoms with E-state index >= 15 is 0 Å². The van der Waals surface area contributed by atoms with Gasteiger partial charge in [-0.05, 0) is 33.1 Å². The third kappa shape index (κ3) is 3.44.